The molecule has 7 nitrogen and oxygen atoms in total. The molecule has 0 bridgehead atoms. The highest BCUT2D eigenvalue weighted by molar-refractivity contribution is 6.30. The smallest absolute Gasteiger partial charge is 0.320 e. The van der Waals surface area contributed by atoms with Gasteiger partial charge >= 0.3 is 6.03 Å². The minimum atomic E-state index is -0.389. The fraction of sp³-hybridized carbons (Fsp3) is 0.611. The molecule has 2 aliphatic heterocycles. The highest BCUT2D eigenvalue weighted by Gasteiger charge is 2.31. The van der Waals surface area contributed by atoms with Gasteiger partial charge in [-0.1, -0.05) is 11.6 Å². The Hall–Kier alpha value is -1.86. The van der Waals surface area contributed by atoms with E-state index in [2.05, 4.69) is 11.8 Å². The summed E-state index contributed by atoms with van der Waals surface area (Å²) in [6.07, 6.45) is 2.18. The van der Waals surface area contributed by atoms with E-state index in [1.807, 2.05) is 9.80 Å². The molecule has 26 heavy (non-hydrogen) atoms. The maximum absolute atomic E-state index is 12.6. The van der Waals surface area contributed by atoms with Crippen LogP contribution in [0, 0.1) is 17.0 Å². The van der Waals surface area contributed by atoms with E-state index in [1.54, 1.807) is 13.0 Å². The minimum absolute atomic E-state index is 0.0587. The van der Waals surface area contributed by atoms with Gasteiger partial charge in [0.05, 0.1) is 4.92 Å². The van der Waals surface area contributed by atoms with Crippen LogP contribution in [0.2, 0.25) is 5.02 Å². The number of carbonyl (C=O) groups excluding carboxylic acids is 1. The normalized spacial score (nSPS) is 21.3. The van der Waals surface area contributed by atoms with Crippen LogP contribution in [0.25, 0.3) is 0 Å². The predicted octanol–water partition coefficient (Wildman–Crippen LogP) is 3.28. The molecule has 2 fully saturated rings. The zero-order chi connectivity index (χ0) is 18.8. The number of halogens is 1. The number of nitro benzene ring substituents is 1. The van der Waals surface area contributed by atoms with Crippen molar-refractivity contribution in [2.75, 3.05) is 32.7 Å². The Balaban J connectivity index is 1.66. The van der Waals surface area contributed by atoms with E-state index in [9.17, 15) is 14.9 Å². The number of amides is 2. The molecule has 0 saturated carbocycles. The minimum Gasteiger partial charge on any atom is -0.325 e. The monoisotopic (exact) mass is 380 g/mol. The number of hydrogen-bond acceptors (Lipinski definition) is 4. The first-order chi connectivity index (χ1) is 12.4. The lowest BCUT2D eigenvalue weighted by molar-refractivity contribution is -0.385. The Labute approximate surface area is 158 Å². The van der Waals surface area contributed by atoms with Gasteiger partial charge in [-0.3, -0.25) is 15.0 Å². The van der Waals surface area contributed by atoms with E-state index in [1.165, 1.54) is 6.07 Å². The summed E-state index contributed by atoms with van der Waals surface area (Å²) >= 11 is 6.07. The molecule has 2 aliphatic rings. The van der Waals surface area contributed by atoms with Gasteiger partial charge in [-0.15, -0.1) is 0 Å². The van der Waals surface area contributed by atoms with E-state index in [-0.39, 0.29) is 22.7 Å². The van der Waals surface area contributed by atoms with Crippen LogP contribution in [0.3, 0.4) is 0 Å². The maximum Gasteiger partial charge on any atom is 0.320 e. The SMILES string of the molecule is Cc1c(CN2CCN(C(=O)N3CCCC3)[C@@H](C)C2)cc(Cl)cc1[N+](=O)[O-]. The lowest BCUT2D eigenvalue weighted by Gasteiger charge is -2.41. The molecule has 2 amide bonds. The summed E-state index contributed by atoms with van der Waals surface area (Å²) in [7, 11) is 0. The van der Waals surface area contributed by atoms with Gasteiger partial charge in [0.15, 0.2) is 0 Å². The van der Waals surface area contributed by atoms with Crippen molar-refractivity contribution in [1.82, 2.24) is 14.7 Å². The molecule has 8 heteroatoms. The van der Waals surface area contributed by atoms with Crippen molar-refractivity contribution in [3.05, 3.63) is 38.4 Å². The van der Waals surface area contributed by atoms with Gasteiger partial charge in [0.1, 0.15) is 0 Å². The fourth-order valence-corrected chi connectivity index (χ4v) is 4.10. The van der Waals surface area contributed by atoms with Crippen LogP contribution < -0.4 is 0 Å². The average Bonchev–Trinajstić information content (AvgIpc) is 3.11. The molecule has 0 spiro atoms. The summed E-state index contributed by atoms with van der Waals surface area (Å²) in [5.74, 6) is 0. The molecular weight excluding hydrogens is 356 g/mol. The summed E-state index contributed by atoms with van der Waals surface area (Å²) in [4.78, 5) is 29.6. The van der Waals surface area contributed by atoms with Gasteiger partial charge in [-0.05, 0) is 38.3 Å². The molecule has 0 radical (unpaired) electrons. The Bertz CT molecular complexity index is 706. The molecule has 0 aromatic heterocycles. The molecule has 142 valence electrons. The van der Waals surface area contributed by atoms with Crippen molar-refractivity contribution >= 4 is 23.3 Å². The zero-order valence-electron chi connectivity index (χ0n) is 15.3. The molecule has 2 saturated heterocycles. The van der Waals surface area contributed by atoms with Gasteiger partial charge < -0.3 is 9.80 Å². The number of urea groups is 1. The number of likely N-dealkylation sites (tertiary alicyclic amines) is 1. The van der Waals surface area contributed by atoms with E-state index < -0.39 is 0 Å². The first-order valence-electron chi connectivity index (χ1n) is 9.08. The Morgan fingerprint density at radius 1 is 1.27 bits per heavy atom. The van der Waals surface area contributed by atoms with E-state index in [0.717, 1.165) is 44.6 Å². The van der Waals surface area contributed by atoms with E-state index in [4.69, 9.17) is 11.6 Å². The van der Waals surface area contributed by atoms with Crippen LogP contribution in [0.4, 0.5) is 10.5 Å². The molecule has 1 aromatic carbocycles. The predicted molar refractivity (Wildman–Crippen MR) is 100 cm³/mol. The molecule has 0 N–H and O–H groups in total. The molecule has 0 aliphatic carbocycles. The molecule has 2 heterocycles. The Morgan fingerprint density at radius 3 is 2.58 bits per heavy atom. The number of benzene rings is 1. The van der Waals surface area contributed by atoms with Crippen molar-refractivity contribution < 1.29 is 9.72 Å². The maximum atomic E-state index is 12.6. The number of piperazine rings is 1. The van der Waals surface area contributed by atoms with Crippen molar-refractivity contribution in [3.8, 4) is 0 Å². The molecule has 1 atom stereocenters. The van der Waals surface area contributed by atoms with Crippen LogP contribution in [0.1, 0.15) is 30.9 Å². The van der Waals surface area contributed by atoms with Crippen LogP contribution in [0.15, 0.2) is 12.1 Å². The van der Waals surface area contributed by atoms with Crippen LogP contribution in [-0.4, -0.2) is 64.4 Å². The molecule has 1 aromatic rings. The third kappa shape index (κ3) is 3.94. The third-order valence-electron chi connectivity index (χ3n) is 5.38. The van der Waals surface area contributed by atoms with Gasteiger partial charge in [-0.25, -0.2) is 4.79 Å². The standard InChI is InChI=1S/C18H25ClN4O3/c1-13-11-20(7-8-22(13)18(24)21-5-3-4-6-21)12-15-9-16(19)10-17(14(15)2)23(25)26/h9-10,13H,3-8,11-12H2,1-2H3/t13-/m0/s1. The first-order valence-corrected chi connectivity index (χ1v) is 9.46. The van der Waals surface area contributed by atoms with Crippen molar-refractivity contribution in [3.63, 3.8) is 0 Å². The number of carbonyl (C=O) groups is 1. The molecular formula is C18H25ClN4O3. The summed E-state index contributed by atoms with van der Waals surface area (Å²) in [5, 5.41) is 11.6. The summed E-state index contributed by atoms with van der Waals surface area (Å²) < 4.78 is 0. The number of nitro groups is 1. The van der Waals surface area contributed by atoms with Gasteiger partial charge in [0, 0.05) is 62.0 Å². The second-order valence-corrected chi connectivity index (χ2v) is 7.66. The third-order valence-corrected chi connectivity index (χ3v) is 5.60. The van der Waals surface area contributed by atoms with Crippen molar-refractivity contribution in [2.45, 2.75) is 39.3 Å². The quantitative estimate of drug-likeness (QED) is 0.596. The average molecular weight is 381 g/mol. The number of rotatable bonds is 3. The molecule has 0 unspecified atom stereocenters. The number of nitrogens with zero attached hydrogens (tertiary/aromatic N) is 4. The first kappa shape index (κ1) is 18.9. The van der Waals surface area contributed by atoms with Crippen molar-refractivity contribution in [1.29, 1.82) is 0 Å². The lowest BCUT2D eigenvalue weighted by Crippen LogP contribution is -2.56. The summed E-state index contributed by atoms with van der Waals surface area (Å²) in [6, 6.07) is 3.46. The molecule has 3 rings (SSSR count). The largest absolute Gasteiger partial charge is 0.325 e. The van der Waals surface area contributed by atoms with Crippen LogP contribution in [0.5, 0.6) is 0 Å². The zero-order valence-corrected chi connectivity index (χ0v) is 16.0. The fourth-order valence-electron chi connectivity index (χ4n) is 3.87. The second-order valence-electron chi connectivity index (χ2n) is 7.22. The Kier molecular flexibility index (Phi) is 5.67. The lowest BCUT2D eigenvalue weighted by atomic mass is 10.1. The van der Waals surface area contributed by atoms with Gasteiger partial charge in [0.25, 0.3) is 5.69 Å². The highest BCUT2D eigenvalue weighted by Crippen LogP contribution is 2.28. The van der Waals surface area contributed by atoms with Gasteiger partial charge in [0.2, 0.25) is 0 Å². The Morgan fingerprint density at radius 2 is 1.96 bits per heavy atom. The summed E-state index contributed by atoms with van der Waals surface area (Å²) in [6.45, 7) is 8.33. The van der Waals surface area contributed by atoms with E-state index >= 15 is 0 Å². The van der Waals surface area contributed by atoms with Crippen LogP contribution in [-0.2, 0) is 6.54 Å². The topological polar surface area (TPSA) is 69.9 Å². The highest BCUT2D eigenvalue weighted by atomic mass is 35.5. The summed E-state index contributed by atoms with van der Waals surface area (Å²) in [5.41, 5.74) is 1.58. The van der Waals surface area contributed by atoms with Gasteiger partial charge in [-0.2, -0.15) is 0 Å². The van der Waals surface area contributed by atoms with Crippen LogP contribution >= 0.6 is 11.6 Å². The second kappa shape index (κ2) is 7.80. The van der Waals surface area contributed by atoms with Crippen molar-refractivity contribution in [2.24, 2.45) is 0 Å². The van der Waals surface area contributed by atoms with E-state index in [0.29, 0.717) is 23.7 Å². The number of hydrogen-bond donors (Lipinski definition) is 0.